The maximum Gasteiger partial charge on any atom is 0.124 e. The Bertz CT molecular complexity index is 2790. The minimum atomic E-state index is 0. The fourth-order valence-electron chi connectivity index (χ4n) is 8.93. The summed E-state index contributed by atoms with van der Waals surface area (Å²) < 4.78 is 8.92. The van der Waals surface area contributed by atoms with E-state index in [1.54, 1.807) is 0 Å². The smallest absolute Gasteiger partial charge is 0.124 e. The van der Waals surface area contributed by atoms with Gasteiger partial charge in [-0.05, 0) is 51.4 Å². The van der Waals surface area contributed by atoms with Crippen LogP contribution in [0.4, 0.5) is 0 Å². The van der Waals surface area contributed by atoms with Gasteiger partial charge in [-0.3, -0.25) is 0 Å². The van der Waals surface area contributed by atoms with Gasteiger partial charge in [-0.25, -0.2) is 0 Å². The third kappa shape index (κ3) is 13.3. The second kappa shape index (κ2) is 26.3. The molecule has 364 valence electrons. The number of rotatable bonds is 4. The number of benzene rings is 4. The van der Waals surface area contributed by atoms with Crippen LogP contribution in [0.15, 0.2) is 72.8 Å². The predicted molar refractivity (Wildman–Crippen MR) is 248 cm³/mol. The zero-order valence-electron chi connectivity index (χ0n) is 38.9. The number of nitrogens with zero attached hydrogens (tertiary/aromatic N) is 12. The Hall–Kier alpha value is -3.96. The molecule has 0 bridgehead atoms. The molecule has 0 saturated carbocycles. The molecule has 8 heterocycles. The molecule has 0 fully saturated rings. The van der Waals surface area contributed by atoms with Crippen LogP contribution < -0.4 is 0 Å². The minimum Gasteiger partial charge on any atom is -0.351 e. The van der Waals surface area contributed by atoms with Gasteiger partial charge in [-0.15, -0.1) is 162 Å². The van der Waals surface area contributed by atoms with Gasteiger partial charge < -0.3 is 18.3 Å². The molecular weight excluding hydrogens is 1560 g/mol. The van der Waals surface area contributed by atoms with E-state index in [2.05, 4.69) is 147 Å². The SMILES string of the molecule is Cc1[c-]c(-c2nnc3n2CCCC3)cc(C)c1.Cc1c[c-]c(-c2nnc3n2CCCC3)cc1.Cc1cc[c-]c(-c2nnc3n2CCCC3)c1.[Ir].[Ir].[Ir].[Ir].[c-]1ccccc1-c1nnc2n1CCCC2. The number of hydrogen-bond donors (Lipinski definition) is 0. The Kier molecular flexibility index (Phi) is 21.3. The van der Waals surface area contributed by atoms with Crippen molar-refractivity contribution in [3.63, 3.8) is 0 Å². The van der Waals surface area contributed by atoms with Gasteiger partial charge in [0.15, 0.2) is 0 Å². The average Bonchev–Trinajstić information content (AvgIpc) is 4.15. The van der Waals surface area contributed by atoms with Crippen molar-refractivity contribution < 1.29 is 80.4 Å². The van der Waals surface area contributed by atoms with Crippen molar-refractivity contribution in [3.05, 3.63) is 143 Å². The molecule has 8 aromatic rings. The molecule has 4 aliphatic rings. The predicted octanol–water partition coefficient (Wildman–Crippen LogP) is 9.55. The standard InChI is InChI=1S/C14H16N3.2C13H14N3.C12H12N3.4Ir/c1-10-7-11(2)9-12(8-10)14-16-15-13-5-3-4-6-17(13)14;1-10-5-4-6-11(9-10)13-15-14-12-7-2-3-8-16(12)13;1-10-5-7-11(8-6-10)13-15-14-12-4-2-3-9-16(12)13;1-2-6-10(7-3-1)12-14-13-11-8-4-5-9-15(11)12;;;;/h7-8H,3-6H2,1-2H3;4-5,9H,2-3,7-8H2,1H3;5-7H,2-4,9H2,1H3;1-3,6H,4-5,8-9H2;;;;/q4*-1;;;;. The minimum absolute atomic E-state index is 0. The average molecular weight is 1620 g/mol. The van der Waals surface area contributed by atoms with Crippen molar-refractivity contribution in [2.75, 3.05) is 0 Å². The summed E-state index contributed by atoms with van der Waals surface area (Å²) >= 11 is 0. The van der Waals surface area contributed by atoms with Crippen LogP contribution in [0.1, 0.15) is 96.9 Å². The van der Waals surface area contributed by atoms with E-state index < -0.39 is 0 Å². The van der Waals surface area contributed by atoms with Gasteiger partial charge in [0.2, 0.25) is 0 Å². The molecule has 12 nitrogen and oxygen atoms in total. The van der Waals surface area contributed by atoms with Gasteiger partial charge in [-0.1, -0.05) is 27.7 Å². The van der Waals surface area contributed by atoms with Crippen molar-refractivity contribution in [1.29, 1.82) is 0 Å². The van der Waals surface area contributed by atoms with Crippen molar-refractivity contribution >= 4 is 0 Å². The summed E-state index contributed by atoms with van der Waals surface area (Å²) in [4.78, 5) is 0. The van der Waals surface area contributed by atoms with Crippen LogP contribution in [0.25, 0.3) is 45.6 Å². The van der Waals surface area contributed by atoms with Crippen LogP contribution >= 0.6 is 0 Å². The summed E-state index contributed by atoms with van der Waals surface area (Å²) in [5, 5.41) is 34.2. The first-order valence-corrected chi connectivity index (χ1v) is 23.0. The molecule has 4 aromatic carbocycles. The molecule has 4 aliphatic heterocycles. The second-order valence-corrected chi connectivity index (χ2v) is 17.3. The molecule has 4 aromatic heterocycles. The Morgan fingerprint density at radius 1 is 0.382 bits per heavy atom. The number of aryl methyl sites for hydroxylation is 8. The van der Waals surface area contributed by atoms with E-state index in [0.717, 1.165) is 126 Å². The summed E-state index contributed by atoms with van der Waals surface area (Å²) in [5.74, 6) is 8.36. The van der Waals surface area contributed by atoms with E-state index in [4.69, 9.17) is 0 Å². The topological polar surface area (TPSA) is 123 Å². The zero-order valence-corrected chi connectivity index (χ0v) is 48.5. The quantitative estimate of drug-likeness (QED) is 0.160. The van der Waals surface area contributed by atoms with Crippen LogP contribution in [0.5, 0.6) is 0 Å². The monoisotopic (exact) mass is 1620 g/mol. The van der Waals surface area contributed by atoms with E-state index >= 15 is 0 Å². The maximum absolute atomic E-state index is 4.33. The van der Waals surface area contributed by atoms with Crippen LogP contribution in [0.2, 0.25) is 0 Å². The van der Waals surface area contributed by atoms with E-state index in [9.17, 15) is 0 Å². The van der Waals surface area contributed by atoms with Gasteiger partial charge in [0.1, 0.15) is 23.3 Å². The van der Waals surface area contributed by atoms with E-state index in [-0.39, 0.29) is 80.4 Å². The molecule has 0 amide bonds. The Morgan fingerprint density at radius 3 is 1.25 bits per heavy atom. The molecule has 0 N–H and O–H groups in total. The third-order valence-electron chi connectivity index (χ3n) is 12.2. The molecule has 0 unspecified atom stereocenters. The first-order chi connectivity index (χ1) is 31.4. The third-order valence-corrected chi connectivity index (χ3v) is 12.2. The molecular formula is C52H56Ir4N12-4. The molecule has 0 saturated heterocycles. The second-order valence-electron chi connectivity index (χ2n) is 17.3. The van der Waals surface area contributed by atoms with Gasteiger partial charge in [0.25, 0.3) is 0 Å². The van der Waals surface area contributed by atoms with Gasteiger partial charge in [0.05, 0.1) is 23.3 Å². The Morgan fingerprint density at radius 2 is 0.824 bits per heavy atom. The summed E-state index contributed by atoms with van der Waals surface area (Å²) in [5.41, 5.74) is 9.09. The Balaban J connectivity index is 0.000000166. The number of aromatic nitrogens is 12. The number of hydrogen-bond acceptors (Lipinski definition) is 8. The fraction of sp³-hybridized carbons (Fsp3) is 0.385. The number of fused-ring (bicyclic) bond motifs is 4. The summed E-state index contributed by atoms with van der Waals surface area (Å²) in [6, 6.07) is 37.6. The maximum atomic E-state index is 4.33. The molecule has 16 heteroatoms. The molecule has 4 radical (unpaired) electrons. The summed E-state index contributed by atoms with van der Waals surface area (Å²) in [6.45, 7) is 12.5. The van der Waals surface area contributed by atoms with Crippen LogP contribution in [0, 0.1) is 52.0 Å². The van der Waals surface area contributed by atoms with E-state index in [0.29, 0.717) is 0 Å². The van der Waals surface area contributed by atoms with E-state index in [1.807, 2.05) is 36.4 Å². The summed E-state index contributed by atoms with van der Waals surface area (Å²) in [7, 11) is 0. The largest absolute Gasteiger partial charge is 0.351 e. The van der Waals surface area contributed by atoms with Crippen molar-refractivity contribution in [1.82, 2.24) is 59.1 Å². The van der Waals surface area contributed by atoms with Crippen LogP contribution in [-0.4, -0.2) is 59.1 Å². The molecule has 12 rings (SSSR count). The first-order valence-electron chi connectivity index (χ1n) is 23.0. The van der Waals surface area contributed by atoms with Crippen molar-refractivity contribution in [3.8, 4) is 45.6 Å². The molecule has 68 heavy (non-hydrogen) atoms. The van der Waals surface area contributed by atoms with Crippen LogP contribution in [0.3, 0.4) is 0 Å². The Labute approximate surface area is 454 Å². The first kappa shape index (κ1) is 55.0. The molecule has 0 spiro atoms. The molecule has 0 aliphatic carbocycles. The summed E-state index contributed by atoms with van der Waals surface area (Å²) in [6.07, 6.45) is 14.0. The van der Waals surface area contributed by atoms with Crippen LogP contribution in [-0.2, 0) is 132 Å². The van der Waals surface area contributed by atoms with Gasteiger partial charge >= 0.3 is 0 Å². The van der Waals surface area contributed by atoms with Gasteiger partial charge in [0, 0.05) is 132 Å². The fourth-order valence-corrected chi connectivity index (χ4v) is 8.93. The van der Waals surface area contributed by atoms with Gasteiger partial charge in [-0.2, -0.15) is 20.4 Å². The van der Waals surface area contributed by atoms with Crippen molar-refractivity contribution in [2.45, 2.75) is 131 Å². The molecule has 0 atom stereocenters. The normalized spacial score (nSPS) is 13.9. The zero-order chi connectivity index (χ0) is 43.8. The van der Waals surface area contributed by atoms with E-state index in [1.165, 1.54) is 68.1 Å². The van der Waals surface area contributed by atoms with Crippen molar-refractivity contribution in [2.24, 2.45) is 0 Å².